The fourth-order valence-electron chi connectivity index (χ4n) is 1.01. The molecule has 1 aromatic carbocycles. The van der Waals surface area contributed by atoms with E-state index in [9.17, 15) is 13.5 Å². The van der Waals surface area contributed by atoms with Crippen LogP contribution in [0.25, 0.3) is 0 Å². The lowest BCUT2D eigenvalue weighted by atomic mass is 10.1. The number of hydrogen-bond acceptors (Lipinski definition) is 7. The SMILES string of the molecule is Nc1cccc(C(O)COS(=O)(=O)O)c1.O=S=O. The number of aliphatic hydroxyl groups is 1. The molecule has 0 heterocycles. The molecule has 18 heavy (non-hydrogen) atoms. The molecule has 0 saturated carbocycles. The Morgan fingerprint density at radius 3 is 2.39 bits per heavy atom. The Balaban J connectivity index is 0.000000873. The summed E-state index contributed by atoms with van der Waals surface area (Å²) in [4.78, 5) is 0. The van der Waals surface area contributed by atoms with Crippen LogP contribution in [-0.2, 0) is 26.2 Å². The molecule has 0 fully saturated rings. The van der Waals surface area contributed by atoms with Crippen molar-refractivity contribution in [3.05, 3.63) is 29.8 Å². The molecule has 0 amide bonds. The molecule has 0 aliphatic carbocycles. The molecule has 0 spiro atoms. The smallest absolute Gasteiger partial charge is 0.397 e. The molecule has 1 atom stereocenters. The number of nitrogen functional groups attached to an aromatic ring is 1. The number of hydrogen-bond donors (Lipinski definition) is 3. The molecule has 10 heteroatoms. The summed E-state index contributed by atoms with van der Waals surface area (Å²) in [5, 5.41) is 9.45. The Morgan fingerprint density at radius 1 is 1.39 bits per heavy atom. The van der Waals surface area contributed by atoms with Crippen molar-refractivity contribution in [3.8, 4) is 0 Å². The van der Waals surface area contributed by atoms with Gasteiger partial charge in [-0.1, -0.05) is 12.1 Å². The number of nitrogens with two attached hydrogens (primary N) is 1. The van der Waals surface area contributed by atoms with Crippen molar-refractivity contribution in [2.75, 3.05) is 12.3 Å². The molecule has 102 valence electrons. The lowest BCUT2D eigenvalue weighted by Crippen LogP contribution is -2.12. The van der Waals surface area contributed by atoms with Gasteiger partial charge in [-0.2, -0.15) is 16.8 Å². The molecule has 1 unspecified atom stereocenters. The van der Waals surface area contributed by atoms with Crippen molar-refractivity contribution in [2.24, 2.45) is 0 Å². The topological polar surface area (TPSA) is 144 Å². The van der Waals surface area contributed by atoms with Crippen LogP contribution >= 0.6 is 0 Å². The standard InChI is InChI=1S/C8H11NO5S.O2S/c9-7-3-1-2-6(4-7)8(10)5-14-15(11,12)13;1-3-2/h1-4,8,10H,5,9H2,(H,11,12,13);. The highest BCUT2D eigenvalue weighted by Gasteiger charge is 2.12. The van der Waals surface area contributed by atoms with Gasteiger partial charge in [0.1, 0.15) is 6.10 Å². The van der Waals surface area contributed by atoms with E-state index in [0.717, 1.165) is 0 Å². The Hall–Kier alpha value is -1.33. The molecular weight excluding hydrogens is 286 g/mol. The lowest BCUT2D eigenvalue weighted by Gasteiger charge is -2.10. The van der Waals surface area contributed by atoms with Crippen molar-refractivity contribution in [1.82, 2.24) is 0 Å². The second kappa shape index (κ2) is 7.89. The van der Waals surface area contributed by atoms with Crippen molar-refractivity contribution in [1.29, 1.82) is 0 Å². The van der Waals surface area contributed by atoms with E-state index in [1.165, 1.54) is 6.07 Å². The zero-order chi connectivity index (χ0) is 14.2. The van der Waals surface area contributed by atoms with E-state index in [4.69, 9.17) is 18.7 Å². The van der Waals surface area contributed by atoms with Gasteiger partial charge in [-0.25, -0.2) is 4.18 Å². The maximum atomic E-state index is 10.2. The van der Waals surface area contributed by atoms with E-state index >= 15 is 0 Å². The van der Waals surface area contributed by atoms with Crippen molar-refractivity contribution in [3.63, 3.8) is 0 Å². The third-order valence-electron chi connectivity index (χ3n) is 1.67. The second-order valence-corrected chi connectivity index (χ2v) is 4.19. The van der Waals surface area contributed by atoms with Gasteiger partial charge < -0.3 is 10.8 Å². The van der Waals surface area contributed by atoms with Crippen LogP contribution < -0.4 is 5.73 Å². The normalized spacial score (nSPS) is 12.1. The van der Waals surface area contributed by atoms with Gasteiger partial charge in [0, 0.05) is 5.69 Å². The zero-order valence-electron chi connectivity index (χ0n) is 8.92. The van der Waals surface area contributed by atoms with E-state index in [-0.39, 0.29) is 0 Å². The van der Waals surface area contributed by atoms with Crippen molar-refractivity contribution in [2.45, 2.75) is 6.10 Å². The molecule has 8 nitrogen and oxygen atoms in total. The van der Waals surface area contributed by atoms with Crippen LogP contribution in [0.5, 0.6) is 0 Å². The molecule has 1 aromatic rings. The summed E-state index contributed by atoms with van der Waals surface area (Å²) in [6, 6.07) is 6.29. The molecule has 0 bridgehead atoms. The minimum Gasteiger partial charge on any atom is -0.399 e. The monoisotopic (exact) mass is 297 g/mol. The van der Waals surface area contributed by atoms with Gasteiger partial charge in [-0.3, -0.25) is 4.55 Å². The molecule has 0 saturated heterocycles. The van der Waals surface area contributed by atoms with Crippen LogP contribution in [0.2, 0.25) is 0 Å². The highest BCUT2D eigenvalue weighted by Crippen LogP contribution is 2.16. The minimum atomic E-state index is -4.53. The van der Waals surface area contributed by atoms with E-state index < -0.39 is 34.7 Å². The van der Waals surface area contributed by atoms with Crippen LogP contribution in [0, 0.1) is 0 Å². The Morgan fingerprint density at radius 2 is 1.94 bits per heavy atom. The van der Waals surface area contributed by atoms with E-state index in [2.05, 4.69) is 4.18 Å². The van der Waals surface area contributed by atoms with Crippen LogP contribution in [-0.4, -0.2) is 33.1 Å². The first-order chi connectivity index (χ1) is 8.30. The van der Waals surface area contributed by atoms with Crippen molar-refractivity contribution >= 4 is 27.7 Å². The summed E-state index contributed by atoms with van der Waals surface area (Å²) in [5.74, 6) is 0. The molecule has 4 N–H and O–H groups in total. The first kappa shape index (κ1) is 16.7. The number of benzene rings is 1. The minimum absolute atomic E-state index is 0.415. The molecule has 1 rings (SSSR count). The average Bonchev–Trinajstić information content (AvgIpc) is 2.26. The number of aliphatic hydroxyl groups excluding tert-OH is 1. The Labute approximate surface area is 107 Å². The summed E-state index contributed by atoms with van der Waals surface area (Å²) in [7, 11) is -4.53. The van der Waals surface area contributed by atoms with E-state index in [1.807, 2.05) is 0 Å². The first-order valence-corrected chi connectivity index (χ1v) is 6.40. The summed E-state index contributed by atoms with van der Waals surface area (Å²) < 4.78 is 49.4. The van der Waals surface area contributed by atoms with Gasteiger partial charge in [0.05, 0.1) is 6.61 Å². The van der Waals surface area contributed by atoms with Gasteiger partial charge >= 0.3 is 22.0 Å². The highest BCUT2D eigenvalue weighted by molar-refractivity contribution is 7.80. The Bertz CT molecular complexity index is 510. The number of anilines is 1. The zero-order valence-corrected chi connectivity index (χ0v) is 10.6. The molecule has 0 radical (unpaired) electrons. The summed E-state index contributed by atoms with van der Waals surface area (Å²) in [5.41, 5.74) is 6.32. The van der Waals surface area contributed by atoms with Gasteiger partial charge in [-0.05, 0) is 17.7 Å². The molecule has 0 aliphatic rings. The van der Waals surface area contributed by atoms with Crippen LogP contribution in [0.3, 0.4) is 0 Å². The fraction of sp³-hybridized carbons (Fsp3) is 0.250. The largest absolute Gasteiger partial charge is 0.399 e. The fourth-order valence-corrected chi connectivity index (χ4v) is 1.31. The Kier molecular flexibility index (Phi) is 7.31. The maximum Gasteiger partial charge on any atom is 0.397 e. The predicted molar refractivity (Wildman–Crippen MR) is 62.2 cm³/mol. The number of rotatable bonds is 4. The van der Waals surface area contributed by atoms with Crippen LogP contribution in [0.1, 0.15) is 11.7 Å². The summed E-state index contributed by atoms with van der Waals surface area (Å²) in [6.07, 6.45) is -1.16. The van der Waals surface area contributed by atoms with Crippen LogP contribution in [0.4, 0.5) is 5.69 Å². The third kappa shape index (κ3) is 7.86. The van der Waals surface area contributed by atoms with Gasteiger partial charge in [-0.15, -0.1) is 0 Å². The predicted octanol–water partition coefficient (Wildman–Crippen LogP) is -0.549. The molecular formula is C8H11NO7S2. The summed E-state index contributed by atoms with van der Waals surface area (Å²) in [6.45, 7) is -0.553. The molecule has 0 aliphatic heterocycles. The van der Waals surface area contributed by atoms with Crippen molar-refractivity contribution < 1.29 is 30.7 Å². The first-order valence-electron chi connectivity index (χ1n) is 4.37. The molecule has 0 aromatic heterocycles. The van der Waals surface area contributed by atoms with E-state index in [0.29, 0.717) is 11.3 Å². The van der Waals surface area contributed by atoms with Gasteiger partial charge in [0.2, 0.25) is 0 Å². The van der Waals surface area contributed by atoms with Gasteiger partial charge in [0.25, 0.3) is 0 Å². The quantitative estimate of drug-likeness (QED) is 0.496. The second-order valence-electron chi connectivity index (χ2n) is 2.97. The highest BCUT2D eigenvalue weighted by atomic mass is 32.3. The average molecular weight is 297 g/mol. The van der Waals surface area contributed by atoms with Gasteiger partial charge in [0.15, 0.2) is 0 Å². The third-order valence-corrected chi connectivity index (χ3v) is 2.10. The van der Waals surface area contributed by atoms with Crippen LogP contribution in [0.15, 0.2) is 24.3 Å². The lowest BCUT2D eigenvalue weighted by molar-refractivity contribution is 0.103. The summed E-state index contributed by atoms with van der Waals surface area (Å²) >= 11 is -0.750. The van der Waals surface area contributed by atoms with E-state index in [1.54, 1.807) is 18.2 Å². The maximum absolute atomic E-state index is 10.2.